The van der Waals surface area contributed by atoms with Crippen molar-refractivity contribution in [2.24, 2.45) is 16.3 Å². The molecule has 3 rings (SSSR count). The van der Waals surface area contributed by atoms with Crippen LogP contribution >= 0.6 is 0 Å². The Bertz CT molecular complexity index is 855. The van der Waals surface area contributed by atoms with Crippen LogP contribution in [0.5, 0.6) is 0 Å². The number of benzene rings is 1. The number of hydrogen-bond acceptors (Lipinski definition) is 4. The summed E-state index contributed by atoms with van der Waals surface area (Å²) in [6.45, 7) is 5.67. The number of Topliss-reactive ketones (excluding diaryl/α,β-unsaturated/α-hetero) is 1. The second kappa shape index (κ2) is 6.41. The second-order valence-corrected chi connectivity index (χ2v) is 7.71. The molecule has 0 saturated carbocycles. The van der Waals surface area contributed by atoms with E-state index in [1.54, 1.807) is 6.92 Å². The van der Waals surface area contributed by atoms with Crippen LogP contribution < -0.4 is 0 Å². The van der Waals surface area contributed by atoms with E-state index in [1.807, 2.05) is 13.8 Å². The van der Waals surface area contributed by atoms with Crippen LogP contribution in [0.2, 0.25) is 0 Å². The quantitative estimate of drug-likeness (QED) is 0.750. The molecule has 1 aromatic rings. The minimum atomic E-state index is -1.02. The number of ether oxygens (including phenoxy) is 1. The van der Waals surface area contributed by atoms with Crippen LogP contribution in [0.1, 0.15) is 45.1 Å². The third kappa shape index (κ3) is 3.08. The molecule has 1 aromatic carbocycles. The summed E-state index contributed by atoms with van der Waals surface area (Å²) in [5.74, 6) is -4.23. The molecule has 1 unspecified atom stereocenters. The molecule has 0 radical (unpaired) electrons. The third-order valence-corrected chi connectivity index (χ3v) is 5.06. The van der Waals surface area contributed by atoms with E-state index in [-0.39, 0.29) is 11.2 Å². The van der Waals surface area contributed by atoms with Crippen LogP contribution in [0.15, 0.2) is 34.5 Å². The van der Waals surface area contributed by atoms with Gasteiger partial charge in [-0.2, -0.15) is 0 Å². The molecule has 0 spiro atoms. The van der Waals surface area contributed by atoms with Gasteiger partial charge in [0.15, 0.2) is 17.4 Å². The topological polar surface area (TPSA) is 55.7 Å². The summed E-state index contributed by atoms with van der Waals surface area (Å²) < 4.78 is 32.2. The standard InChI is InChI=1S/C20H21F2NO3/c1-10-16(19(25)26-4)17(11-5-6-12(21)13(22)7-11)18-14(23-10)8-20(2,3)9-15(18)24/h5-7,16-17H,8-9H2,1-4H3/t16?,17-/m1/s1. The van der Waals surface area contributed by atoms with Gasteiger partial charge >= 0.3 is 5.97 Å². The predicted octanol–water partition coefficient (Wildman–Crippen LogP) is 3.96. The summed E-state index contributed by atoms with van der Waals surface area (Å²) in [5, 5.41) is 0. The molecule has 0 bridgehead atoms. The first kappa shape index (κ1) is 18.4. The first-order chi connectivity index (χ1) is 12.1. The summed E-state index contributed by atoms with van der Waals surface area (Å²) >= 11 is 0. The van der Waals surface area contributed by atoms with Crippen LogP contribution in [-0.2, 0) is 14.3 Å². The Kier molecular flexibility index (Phi) is 4.54. The molecule has 138 valence electrons. The van der Waals surface area contributed by atoms with Crippen molar-refractivity contribution in [3.8, 4) is 0 Å². The van der Waals surface area contributed by atoms with E-state index in [2.05, 4.69) is 4.99 Å². The number of rotatable bonds is 2. The molecule has 2 aliphatic rings. The summed E-state index contributed by atoms with van der Waals surface area (Å²) in [6, 6.07) is 3.47. The van der Waals surface area contributed by atoms with Crippen molar-refractivity contribution in [3.05, 3.63) is 46.7 Å². The Balaban J connectivity index is 2.21. The van der Waals surface area contributed by atoms with Crippen molar-refractivity contribution in [1.82, 2.24) is 0 Å². The van der Waals surface area contributed by atoms with Gasteiger partial charge in [0.05, 0.1) is 7.11 Å². The fraction of sp³-hybridized carbons (Fsp3) is 0.450. The molecule has 0 amide bonds. The largest absolute Gasteiger partial charge is 0.468 e. The highest BCUT2D eigenvalue weighted by Crippen LogP contribution is 2.47. The van der Waals surface area contributed by atoms with Crippen LogP contribution in [-0.4, -0.2) is 24.6 Å². The zero-order valence-corrected chi connectivity index (χ0v) is 15.2. The number of allylic oxidation sites excluding steroid dienone is 2. The van der Waals surface area contributed by atoms with E-state index in [0.717, 1.165) is 12.1 Å². The monoisotopic (exact) mass is 361 g/mol. The number of methoxy groups -OCH3 is 1. The average molecular weight is 361 g/mol. The average Bonchev–Trinajstić information content (AvgIpc) is 2.54. The van der Waals surface area contributed by atoms with E-state index < -0.39 is 29.4 Å². The lowest BCUT2D eigenvalue weighted by Gasteiger charge is -2.38. The molecule has 26 heavy (non-hydrogen) atoms. The fourth-order valence-corrected chi connectivity index (χ4v) is 3.94. The first-order valence-electron chi connectivity index (χ1n) is 8.49. The first-order valence-corrected chi connectivity index (χ1v) is 8.49. The highest BCUT2D eigenvalue weighted by molar-refractivity contribution is 6.09. The number of esters is 1. The predicted molar refractivity (Wildman–Crippen MR) is 92.8 cm³/mol. The van der Waals surface area contributed by atoms with Crippen molar-refractivity contribution < 1.29 is 23.1 Å². The molecule has 4 nitrogen and oxygen atoms in total. The lowest BCUT2D eigenvalue weighted by molar-refractivity contribution is -0.143. The van der Waals surface area contributed by atoms with E-state index in [4.69, 9.17) is 4.74 Å². The third-order valence-electron chi connectivity index (χ3n) is 5.06. The molecule has 2 atom stereocenters. The van der Waals surface area contributed by atoms with Gasteiger partial charge in [-0.05, 0) is 36.5 Å². The number of nitrogens with zero attached hydrogens (tertiary/aromatic N) is 1. The molecule has 1 aliphatic carbocycles. The molecule has 1 aliphatic heterocycles. The van der Waals surface area contributed by atoms with Gasteiger partial charge in [-0.3, -0.25) is 14.6 Å². The van der Waals surface area contributed by atoms with Crippen molar-refractivity contribution in [1.29, 1.82) is 0 Å². The van der Waals surface area contributed by atoms with Crippen LogP contribution in [0.4, 0.5) is 8.78 Å². The summed E-state index contributed by atoms with van der Waals surface area (Å²) in [5.41, 5.74) is 1.68. The molecule has 0 saturated heterocycles. The number of carbonyl (C=O) groups excluding carboxylic acids is 2. The maximum absolute atomic E-state index is 13.9. The molecule has 6 heteroatoms. The van der Waals surface area contributed by atoms with Gasteiger partial charge in [0.2, 0.25) is 0 Å². The SMILES string of the molecule is COC(=O)C1C(C)=NC2=C(C(=O)CC(C)(C)C2)[C@@H]1c1ccc(F)c(F)c1. The minimum absolute atomic E-state index is 0.115. The molecule has 0 N–H and O–H groups in total. The molecule has 0 aromatic heterocycles. The number of ketones is 1. The highest BCUT2D eigenvalue weighted by atomic mass is 19.2. The van der Waals surface area contributed by atoms with Crippen molar-refractivity contribution in [3.63, 3.8) is 0 Å². The zero-order valence-electron chi connectivity index (χ0n) is 15.2. The lowest BCUT2D eigenvalue weighted by Crippen LogP contribution is -2.39. The molecular formula is C20H21F2NO3. The Labute approximate surface area is 151 Å². The summed E-state index contributed by atoms with van der Waals surface area (Å²) in [4.78, 5) is 29.8. The summed E-state index contributed by atoms with van der Waals surface area (Å²) in [6.07, 6.45) is 0.897. The molecule has 0 fully saturated rings. The maximum atomic E-state index is 13.9. The molecule has 1 heterocycles. The Morgan fingerprint density at radius 1 is 1.23 bits per heavy atom. The van der Waals surface area contributed by atoms with Crippen molar-refractivity contribution in [2.45, 2.75) is 39.5 Å². The van der Waals surface area contributed by atoms with Gasteiger partial charge in [0.1, 0.15) is 5.92 Å². The van der Waals surface area contributed by atoms with E-state index >= 15 is 0 Å². The maximum Gasteiger partial charge on any atom is 0.315 e. The van der Waals surface area contributed by atoms with Crippen LogP contribution in [0.3, 0.4) is 0 Å². The molecular weight excluding hydrogens is 340 g/mol. The van der Waals surface area contributed by atoms with Crippen molar-refractivity contribution in [2.75, 3.05) is 7.11 Å². The van der Waals surface area contributed by atoms with Gasteiger partial charge in [0, 0.05) is 29.3 Å². The number of aliphatic imine (C=N–C) groups is 1. The fourth-order valence-electron chi connectivity index (χ4n) is 3.94. The highest BCUT2D eigenvalue weighted by Gasteiger charge is 2.46. The number of carbonyl (C=O) groups is 2. The van der Waals surface area contributed by atoms with Crippen LogP contribution in [0.25, 0.3) is 0 Å². The Morgan fingerprint density at radius 3 is 2.54 bits per heavy atom. The zero-order chi connectivity index (χ0) is 19.2. The number of hydrogen-bond donors (Lipinski definition) is 0. The van der Waals surface area contributed by atoms with Gasteiger partial charge in [-0.1, -0.05) is 19.9 Å². The number of halogens is 2. The van der Waals surface area contributed by atoms with Gasteiger partial charge < -0.3 is 4.74 Å². The van der Waals surface area contributed by atoms with Gasteiger partial charge in [0.25, 0.3) is 0 Å². The lowest BCUT2D eigenvalue weighted by atomic mass is 9.67. The van der Waals surface area contributed by atoms with Crippen LogP contribution in [0, 0.1) is 23.0 Å². The smallest absolute Gasteiger partial charge is 0.315 e. The Hall–Kier alpha value is -2.37. The second-order valence-electron chi connectivity index (χ2n) is 7.71. The van der Waals surface area contributed by atoms with Crippen molar-refractivity contribution >= 4 is 17.5 Å². The normalized spacial score (nSPS) is 24.8. The summed E-state index contributed by atoms with van der Waals surface area (Å²) in [7, 11) is 1.26. The minimum Gasteiger partial charge on any atom is -0.468 e. The van der Waals surface area contributed by atoms with E-state index in [0.29, 0.717) is 35.4 Å². The van der Waals surface area contributed by atoms with Gasteiger partial charge in [-0.15, -0.1) is 0 Å². The van der Waals surface area contributed by atoms with E-state index in [1.165, 1.54) is 13.2 Å². The van der Waals surface area contributed by atoms with E-state index in [9.17, 15) is 18.4 Å². The van der Waals surface area contributed by atoms with Gasteiger partial charge in [-0.25, -0.2) is 8.78 Å². The Morgan fingerprint density at radius 2 is 1.92 bits per heavy atom.